The third kappa shape index (κ3) is 4.88. The Hall–Kier alpha value is -1.30. The normalized spacial score (nSPS) is 23.7. The Balaban J connectivity index is 1.79. The number of likely N-dealkylation sites (tertiary alicyclic amines) is 1. The van der Waals surface area contributed by atoms with E-state index in [2.05, 4.69) is 10.6 Å². The zero-order chi connectivity index (χ0) is 15.1. The van der Waals surface area contributed by atoms with E-state index >= 15 is 0 Å². The van der Waals surface area contributed by atoms with Gasteiger partial charge in [-0.25, -0.2) is 4.79 Å². The van der Waals surface area contributed by atoms with Crippen molar-refractivity contribution in [1.29, 1.82) is 0 Å². The van der Waals surface area contributed by atoms with E-state index in [1.165, 1.54) is 19.3 Å². The Morgan fingerprint density at radius 2 is 1.86 bits per heavy atom. The van der Waals surface area contributed by atoms with E-state index in [4.69, 9.17) is 5.73 Å². The highest BCUT2D eigenvalue weighted by Crippen LogP contribution is 2.20. The molecule has 3 amide bonds. The molecule has 1 unspecified atom stereocenters. The van der Waals surface area contributed by atoms with Crippen LogP contribution in [0.25, 0.3) is 0 Å². The van der Waals surface area contributed by atoms with Gasteiger partial charge in [0.15, 0.2) is 0 Å². The first-order valence-corrected chi connectivity index (χ1v) is 8.24. The van der Waals surface area contributed by atoms with Crippen molar-refractivity contribution in [3.63, 3.8) is 0 Å². The van der Waals surface area contributed by atoms with E-state index in [0.29, 0.717) is 25.7 Å². The highest BCUT2D eigenvalue weighted by Gasteiger charge is 2.29. The number of piperidine rings is 1. The van der Waals surface area contributed by atoms with Gasteiger partial charge in [0.2, 0.25) is 5.91 Å². The van der Waals surface area contributed by atoms with Gasteiger partial charge >= 0.3 is 6.03 Å². The lowest BCUT2D eigenvalue weighted by Crippen LogP contribution is -2.51. The lowest BCUT2D eigenvalue weighted by Gasteiger charge is -2.34. The predicted molar refractivity (Wildman–Crippen MR) is 81.8 cm³/mol. The van der Waals surface area contributed by atoms with Gasteiger partial charge in [-0.1, -0.05) is 19.3 Å². The summed E-state index contributed by atoms with van der Waals surface area (Å²) in [5.41, 5.74) is 5.40. The van der Waals surface area contributed by atoms with Gasteiger partial charge in [-0.15, -0.1) is 0 Å². The fourth-order valence-electron chi connectivity index (χ4n) is 3.23. The van der Waals surface area contributed by atoms with Crippen LogP contribution >= 0.6 is 0 Å². The molecule has 6 nitrogen and oxygen atoms in total. The molecule has 0 aromatic rings. The minimum atomic E-state index is -0.0950. The minimum Gasteiger partial charge on any atom is -0.355 e. The second-order valence-corrected chi connectivity index (χ2v) is 6.15. The molecule has 0 aromatic heterocycles. The monoisotopic (exact) mass is 296 g/mol. The molecular formula is C15H28N4O2. The molecule has 2 rings (SSSR count). The quantitative estimate of drug-likeness (QED) is 0.717. The summed E-state index contributed by atoms with van der Waals surface area (Å²) in [7, 11) is 0. The van der Waals surface area contributed by atoms with Crippen LogP contribution in [0.1, 0.15) is 44.9 Å². The number of amides is 3. The lowest BCUT2D eigenvalue weighted by atomic mass is 9.95. The van der Waals surface area contributed by atoms with Crippen molar-refractivity contribution >= 4 is 11.9 Å². The van der Waals surface area contributed by atoms with E-state index in [9.17, 15) is 9.59 Å². The zero-order valence-corrected chi connectivity index (χ0v) is 12.8. The summed E-state index contributed by atoms with van der Waals surface area (Å²) in [6.45, 7) is 2.22. The van der Waals surface area contributed by atoms with E-state index < -0.39 is 0 Å². The average Bonchev–Trinajstić information content (AvgIpc) is 2.53. The van der Waals surface area contributed by atoms with Crippen LogP contribution in [0.5, 0.6) is 0 Å². The smallest absolute Gasteiger partial charge is 0.317 e. The van der Waals surface area contributed by atoms with Gasteiger partial charge in [0, 0.05) is 32.2 Å². The molecule has 2 fully saturated rings. The third-order valence-electron chi connectivity index (χ3n) is 4.46. The first-order valence-electron chi connectivity index (χ1n) is 8.24. The van der Waals surface area contributed by atoms with Crippen molar-refractivity contribution in [2.24, 2.45) is 11.7 Å². The maximum atomic E-state index is 12.3. The lowest BCUT2D eigenvalue weighted by molar-refractivity contribution is -0.126. The summed E-state index contributed by atoms with van der Waals surface area (Å²) in [6.07, 6.45) is 7.59. The number of carbonyl (C=O) groups excluding carboxylic acids is 2. The van der Waals surface area contributed by atoms with E-state index in [-0.39, 0.29) is 17.9 Å². The molecule has 1 atom stereocenters. The van der Waals surface area contributed by atoms with Crippen LogP contribution in [0.15, 0.2) is 0 Å². The van der Waals surface area contributed by atoms with Crippen LogP contribution in [0.2, 0.25) is 0 Å². The maximum Gasteiger partial charge on any atom is 0.317 e. The number of hydrogen-bond donors (Lipinski definition) is 3. The standard InChI is InChI=1S/C15H28N4O2/c16-8-9-17-14(20)12-5-4-10-19(11-12)15(21)18-13-6-2-1-3-7-13/h12-13H,1-11,16H2,(H,17,20)(H,18,21). The molecule has 1 saturated heterocycles. The predicted octanol–water partition coefficient (Wildman–Crippen LogP) is 0.816. The van der Waals surface area contributed by atoms with Crippen molar-refractivity contribution in [3.05, 3.63) is 0 Å². The van der Waals surface area contributed by atoms with E-state index in [1.807, 2.05) is 0 Å². The van der Waals surface area contributed by atoms with Crippen molar-refractivity contribution in [2.75, 3.05) is 26.2 Å². The van der Waals surface area contributed by atoms with Gasteiger partial charge in [-0.05, 0) is 25.7 Å². The van der Waals surface area contributed by atoms with Crippen LogP contribution in [0, 0.1) is 5.92 Å². The minimum absolute atomic E-state index is 0.00164. The van der Waals surface area contributed by atoms with E-state index in [1.54, 1.807) is 4.90 Å². The molecule has 120 valence electrons. The van der Waals surface area contributed by atoms with Crippen LogP contribution in [-0.4, -0.2) is 49.1 Å². The van der Waals surface area contributed by atoms with Gasteiger partial charge in [0.1, 0.15) is 0 Å². The van der Waals surface area contributed by atoms with Crippen molar-refractivity contribution in [1.82, 2.24) is 15.5 Å². The van der Waals surface area contributed by atoms with Crippen molar-refractivity contribution < 1.29 is 9.59 Å². The number of rotatable bonds is 4. The first kappa shape index (κ1) is 16.1. The summed E-state index contributed by atoms with van der Waals surface area (Å²) in [4.78, 5) is 26.1. The summed E-state index contributed by atoms with van der Waals surface area (Å²) < 4.78 is 0. The van der Waals surface area contributed by atoms with Crippen molar-refractivity contribution in [2.45, 2.75) is 51.0 Å². The molecule has 1 aliphatic heterocycles. The molecule has 21 heavy (non-hydrogen) atoms. The first-order chi connectivity index (χ1) is 10.2. The Kier molecular flexibility index (Phi) is 6.29. The van der Waals surface area contributed by atoms with Crippen molar-refractivity contribution in [3.8, 4) is 0 Å². The van der Waals surface area contributed by atoms with Gasteiger partial charge < -0.3 is 21.3 Å². The Bertz CT molecular complexity index is 356. The summed E-state index contributed by atoms with van der Waals surface area (Å²) in [6, 6.07) is 0.316. The molecular weight excluding hydrogens is 268 g/mol. The molecule has 0 bridgehead atoms. The summed E-state index contributed by atoms with van der Waals surface area (Å²) in [5, 5.41) is 5.95. The summed E-state index contributed by atoms with van der Waals surface area (Å²) in [5.74, 6) is -0.0713. The molecule has 1 saturated carbocycles. The Morgan fingerprint density at radius 1 is 1.10 bits per heavy atom. The number of nitrogens with zero attached hydrogens (tertiary/aromatic N) is 1. The molecule has 0 aromatic carbocycles. The largest absolute Gasteiger partial charge is 0.355 e. The van der Waals surface area contributed by atoms with Crippen LogP contribution in [-0.2, 0) is 4.79 Å². The maximum absolute atomic E-state index is 12.3. The molecule has 6 heteroatoms. The van der Waals surface area contributed by atoms with Crippen LogP contribution < -0.4 is 16.4 Å². The average molecular weight is 296 g/mol. The fourth-order valence-corrected chi connectivity index (χ4v) is 3.23. The number of carbonyl (C=O) groups is 2. The Labute approximate surface area is 126 Å². The SMILES string of the molecule is NCCNC(=O)C1CCCN(C(=O)NC2CCCCC2)C1. The third-order valence-corrected chi connectivity index (χ3v) is 4.46. The molecule has 0 radical (unpaired) electrons. The van der Waals surface area contributed by atoms with Crippen LogP contribution in [0.3, 0.4) is 0 Å². The van der Waals surface area contributed by atoms with E-state index in [0.717, 1.165) is 32.2 Å². The van der Waals surface area contributed by atoms with Gasteiger partial charge in [-0.3, -0.25) is 4.79 Å². The topological polar surface area (TPSA) is 87.5 Å². The van der Waals surface area contributed by atoms with Gasteiger partial charge in [-0.2, -0.15) is 0 Å². The highest BCUT2D eigenvalue weighted by atomic mass is 16.2. The summed E-state index contributed by atoms with van der Waals surface area (Å²) >= 11 is 0. The molecule has 4 N–H and O–H groups in total. The number of hydrogen-bond acceptors (Lipinski definition) is 3. The number of nitrogens with two attached hydrogens (primary N) is 1. The second-order valence-electron chi connectivity index (χ2n) is 6.15. The molecule has 0 spiro atoms. The number of nitrogens with one attached hydrogen (secondary N) is 2. The zero-order valence-electron chi connectivity index (χ0n) is 12.8. The number of urea groups is 1. The highest BCUT2D eigenvalue weighted by molar-refractivity contribution is 5.80. The second kappa shape index (κ2) is 8.22. The van der Waals surface area contributed by atoms with Gasteiger partial charge in [0.25, 0.3) is 0 Å². The Morgan fingerprint density at radius 3 is 2.57 bits per heavy atom. The fraction of sp³-hybridized carbons (Fsp3) is 0.867. The molecule has 1 aliphatic carbocycles. The molecule has 1 heterocycles. The van der Waals surface area contributed by atoms with Gasteiger partial charge in [0.05, 0.1) is 5.92 Å². The molecule has 2 aliphatic rings. The van der Waals surface area contributed by atoms with Crippen LogP contribution in [0.4, 0.5) is 4.79 Å².